The minimum atomic E-state index is -4.05. The molecule has 0 aromatic heterocycles. The number of rotatable bonds is 4. The molecule has 1 aromatic rings. The fourth-order valence-corrected chi connectivity index (χ4v) is 2.69. The highest BCUT2D eigenvalue weighted by atomic mass is 32.2. The maximum Gasteiger partial charge on any atom is 0.335 e. The smallest absolute Gasteiger partial charge is 0.335 e. The Morgan fingerprint density at radius 1 is 1.40 bits per heavy atom. The van der Waals surface area contributed by atoms with Crippen LogP contribution in [0.15, 0.2) is 35.2 Å². The van der Waals surface area contributed by atoms with Gasteiger partial charge in [-0.2, -0.15) is 0 Å². The molecule has 0 aliphatic heterocycles. The Hall–Kier alpha value is -1.86. The molecule has 0 heterocycles. The molecule has 0 bridgehead atoms. The second kappa shape index (κ2) is 5.64. The first-order valence-corrected chi connectivity index (χ1v) is 7.66. The maximum atomic E-state index is 11.6. The number of carboxylic acid groups (broad SMARTS) is 1. The average molecular weight is 297 g/mol. The molecule has 0 saturated heterocycles. The number of carboxylic acids is 1. The molecule has 0 spiro atoms. The van der Waals surface area contributed by atoms with Gasteiger partial charge in [0, 0.05) is 0 Å². The summed E-state index contributed by atoms with van der Waals surface area (Å²) in [6, 6.07) is 3.63. The topological polar surface area (TPSA) is 107 Å². The summed E-state index contributed by atoms with van der Waals surface area (Å²) in [4.78, 5) is 10.6. The van der Waals surface area contributed by atoms with Crippen molar-refractivity contribution in [2.24, 2.45) is 5.14 Å². The number of allylic oxidation sites excluding steroid dienone is 1. The Morgan fingerprint density at radius 2 is 2.15 bits per heavy atom. The standard InChI is InChI=1S/C13H15NO5S/c14-20(17,18)12-8-9(13(15)16)6-7-11(12)19-10-4-2-1-3-5-10/h2,4,6-8,10H,1,3,5H2,(H,15,16)(H2,14,17,18). The SMILES string of the molecule is NS(=O)(=O)c1cc(C(=O)O)ccc1OC1C=CCCC1. The van der Waals surface area contributed by atoms with Crippen LogP contribution in [-0.4, -0.2) is 25.6 Å². The molecule has 1 aliphatic rings. The first kappa shape index (κ1) is 14.5. The summed E-state index contributed by atoms with van der Waals surface area (Å²) >= 11 is 0. The zero-order valence-corrected chi connectivity index (χ0v) is 11.5. The Morgan fingerprint density at radius 3 is 2.70 bits per heavy atom. The van der Waals surface area contributed by atoms with Crippen molar-refractivity contribution in [3.05, 3.63) is 35.9 Å². The van der Waals surface area contributed by atoms with Crippen molar-refractivity contribution in [1.82, 2.24) is 0 Å². The minimum Gasteiger partial charge on any atom is -0.485 e. The molecular formula is C13H15NO5S. The number of sulfonamides is 1. The largest absolute Gasteiger partial charge is 0.485 e. The van der Waals surface area contributed by atoms with E-state index in [0.717, 1.165) is 25.3 Å². The third-order valence-electron chi connectivity index (χ3n) is 2.99. The zero-order chi connectivity index (χ0) is 14.8. The summed E-state index contributed by atoms with van der Waals surface area (Å²) < 4.78 is 28.7. The van der Waals surface area contributed by atoms with Gasteiger partial charge in [-0.25, -0.2) is 18.4 Å². The van der Waals surface area contributed by atoms with Crippen LogP contribution in [0.4, 0.5) is 0 Å². The summed E-state index contributed by atoms with van der Waals surface area (Å²) in [6.07, 6.45) is 6.32. The van der Waals surface area contributed by atoms with E-state index in [0.29, 0.717) is 0 Å². The summed E-state index contributed by atoms with van der Waals surface area (Å²) in [7, 11) is -4.05. The van der Waals surface area contributed by atoms with E-state index in [1.807, 2.05) is 12.2 Å². The molecule has 0 amide bonds. The molecule has 2 rings (SSSR count). The maximum absolute atomic E-state index is 11.6. The van der Waals surface area contributed by atoms with Crippen LogP contribution in [0, 0.1) is 0 Å². The van der Waals surface area contributed by atoms with Crippen LogP contribution < -0.4 is 9.88 Å². The molecule has 7 heteroatoms. The monoisotopic (exact) mass is 297 g/mol. The predicted molar refractivity (Wildman–Crippen MR) is 72.2 cm³/mol. The highest BCUT2D eigenvalue weighted by molar-refractivity contribution is 7.89. The number of hydrogen-bond donors (Lipinski definition) is 2. The first-order valence-electron chi connectivity index (χ1n) is 6.11. The van der Waals surface area contributed by atoms with E-state index in [2.05, 4.69) is 0 Å². The molecule has 3 N–H and O–H groups in total. The minimum absolute atomic E-state index is 0.0778. The second-order valence-corrected chi connectivity index (χ2v) is 6.06. The zero-order valence-electron chi connectivity index (χ0n) is 10.7. The van der Waals surface area contributed by atoms with E-state index < -0.39 is 16.0 Å². The van der Waals surface area contributed by atoms with Gasteiger partial charge in [0.25, 0.3) is 0 Å². The van der Waals surface area contributed by atoms with E-state index in [4.69, 9.17) is 15.0 Å². The van der Waals surface area contributed by atoms with Gasteiger partial charge in [0.15, 0.2) is 0 Å². The lowest BCUT2D eigenvalue weighted by atomic mass is 10.1. The number of nitrogens with two attached hydrogens (primary N) is 1. The van der Waals surface area contributed by atoms with E-state index in [9.17, 15) is 13.2 Å². The average Bonchev–Trinajstić information content (AvgIpc) is 2.39. The molecule has 0 saturated carbocycles. The Balaban J connectivity index is 2.39. The molecule has 20 heavy (non-hydrogen) atoms. The van der Waals surface area contributed by atoms with E-state index in [1.54, 1.807) is 0 Å². The van der Waals surface area contributed by atoms with Crippen molar-refractivity contribution in [1.29, 1.82) is 0 Å². The van der Waals surface area contributed by atoms with Crippen molar-refractivity contribution < 1.29 is 23.1 Å². The van der Waals surface area contributed by atoms with Crippen molar-refractivity contribution in [3.63, 3.8) is 0 Å². The van der Waals surface area contributed by atoms with Crippen molar-refractivity contribution in [2.45, 2.75) is 30.3 Å². The third-order valence-corrected chi connectivity index (χ3v) is 3.92. The molecule has 108 valence electrons. The molecule has 1 aromatic carbocycles. The van der Waals surface area contributed by atoms with Crippen molar-refractivity contribution >= 4 is 16.0 Å². The van der Waals surface area contributed by atoms with Gasteiger partial charge in [0.1, 0.15) is 16.7 Å². The lowest BCUT2D eigenvalue weighted by Crippen LogP contribution is -2.20. The van der Waals surface area contributed by atoms with Gasteiger partial charge < -0.3 is 9.84 Å². The van der Waals surface area contributed by atoms with E-state index in [1.165, 1.54) is 12.1 Å². The van der Waals surface area contributed by atoms with E-state index >= 15 is 0 Å². The number of hydrogen-bond acceptors (Lipinski definition) is 4. The third kappa shape index (κ3) is 3.37. The molecule has 1 atom stereocenters. The van der Waals surface area contributed by atoms with Gasteiger partial charge in [-0.1, -0.05) is 6.08 Å². The van der Waals surface area contributed by atoms with Crippen LogP contribution in [0.3, 0.4) is 0 Å². The number of ether oxygens (including phenoxy) is 1. The van der Waals surface area contributed by atoms with Crippen LogP contribution in [0.1, 0.15) is 29.6 Å². The predicted octanol–water partition coefficient (Wildman–Crippen LogP) is 1.52. The van der Waals surface area contributed by atoms with Crippen LogP contribution in [-0.2, 0) is 10.0 Å². The quantitative estimate of drug-likeness (QED) is 0.819. The lowest BCUT2D eigenvalue weighted by molar-refractivity contribution is 0.0696. The molecule has 1 aliphatic carbocycles. The van der Waals surface area contributed by atoms with Crippen molar-refractivity contribution in [2.75, 3.05) is 0 Å². The normalized spacial score (nSPS) is 18.8. The fourth-order valence-electron chi connectivity index (χ4n) is 2.00. The molecule has 0 radical (unpaired) electrons. The van der Waals surface area contributed by atoms with E-state index in [-0.39, 0.29) is 22.3 Å². The Bertz CT molecular complexity index is 651. The van der Waals surface area contributed by atoms with Gasteiger partial charge in [0.05, 0.1) is 5.56 Å². The Kier molecular flexibility index (Phi) is 4.10. The van der Waals surface area contributed by atoms with Crippen LogP contribution >= 0.6 is 0 Å². The first-order chi connectivity index (χ1) is 9.38. The number of carbonyl (C=O) groups is 1. The second-order valence-electron chi connectivity index (χ2n) is 4.53. The number of benzene rings is 1. The molecular weight excluding hydrogens is 282 g/mol. The molecule has 1 unspecified atom stereocenters. The van der Waals surface area contributed by atoms with Crippen LogP contribution in [0.5, 0.6) is 5.75 Å². The van der Waals surface area contributed by atoms with Gasteiger partial charge in [-0.15, -0.1) is 0 Å². The number of aromatic carboxylic acids is 1. The van der Waals surface area contributed by atoms with Crippen LogP contribution in [0.25, 0.3) is 0 Å². The fraction of sp³-hybridized carbons (Fsp3) is 0.308. The van der Waals surface area contributed by atoms with Crippen molar-refractivity contribution in [3.8, 4) is 5.75 Å². The summed E-state index contributed by atoms with van der Waals surface area (Å²) in [6.45, 7) is 0. The summed E-state index contributed by atoms with van der Waals surface area (Å²) in [5, 5.41) is 14.0. The van der Waals surface area contributed by atoms with Crippen LogP contribution in [0.2, 0.25) is 0 Å². The highest BCUT2D eigenvalue weighted by Gasteiger charge is 2.20. The summed E-state index contributed by atoms with van der Waals surface area (Å²) in [5.41, 5.74) is -0.152. The number of primary sulfonamides is 1. The van der Waals surface area contributed by atoms with Gasteiger partial charge in [-0.05, 0) is 43.5 Å². The summed E-state index contributed by atoms with van der Waals surface area (Å²) in [5.74, 6) is -1.15. The molecule has 6 nitrogen and oxygen atoms in total. The van der Waals surface area contributed by atoms with Gasteiger partial charge in [-0.3, -0.25) is 0 Å². The highest BCUT2D eigenvalue weighted by Crippen LogP contribution is 2.27. The Labute approximate surface area is 116 Å². The van der Waals surface area contributed by atoms with Gasteiger partial charge in [0.2, 0.25) is 10.0 Å². The lowest BCUT2D eigenvalue weighted by Gasteiger charge is -2.20. The van der Waals surface area contributed by atoms with Gasteiger partial charge >= 0.3 is 5.97 Å². The molecule has 0 fully saturated rings.